The van der Waals surface area contributed by atoms with E-state index < -0.39 is 28.5 Å². The first kappa shape index (κ1) is 17.7. The smallest absolute Gasteiger partial charge is 0.338 e. The van der Waals surface area contributed by atoms with Gasteiger partial charge >= 0.3 is 5.97 Å². The highest BCUT2D eigenvalue weighted by atomic mass is 32.2. The normalized spacial score (nSPS) is 10.5. The summed E-state index contributed by atoms with van der Waals surface area (Å²) in [6.45, 7) is 1.51. The molecule has 0 aliphatic heterocycles. The van der Waals surface area contributed by atoms with Crippen molar-refractivity contribution in [1.82, 2.24) is 10.0 Å². The van der Waals surface area contributed by atoms with Gasteiger partial charge in [-0.05, 0) is 24.3 Å². The predicted molar refractivity (Wildman–Crippen MR) is 79.4 cm³/mol. The van der Waals surface area contributed by atoms with Gasteiger partial charge in [-0.1, -0.05) is 12.8 Å². The predicted octanol–water partition coefficient (Wildman–Crippen LogP) is -0.109. The minimum atomic E-state index is -3.57. The maximum atomic E-state index is 11.7. The molecule has 0 aliphatic rings. The number of carbonyl (C=O) groups excluding carboxylic acids is 2. The Hall–Kier alpha value is -2.37. The van der Waals surface area contributed by atoms with Crippen molar-refractivity contribution in [2.75, 3.05) is 19.7 Å². The second-order valence-electron chi connectivity index (χ2n) is 4.08. The van der Waals surface area contributed by atoms with E-state index in [1.54, 1.807) is 6.92 Å². The fraction of sp³-hybridized carbons (Fsp3) is 0.286. The molecule has 0 atom stereocenters. The number of benzene rings is 1. The molecule has 0 fully saturated rings. The zero-order chi connectivity index (χ0) is 16.6. The van der Waals surface area contributed by atoms with Gasteiger partial charge in [0, 0.05) is 6.54 Å². The molecule has 0 radical (unpaired) electrons. The summed E-state index contributed by atoms with van der Waals surface area (Å²) in [4.78, 5) is 23.0. The molecule has 0 aliphatic carbocycles. The number of carbonyl (C=O) groups is 2. The van der Waals surface area contributed by atoms with Crippen LogP contribution in [0.4, 0.5) is 0 Å². The summed E-state index contributed by atoms with van der Waals surface area (Å²) < 4.78 is 30.6. The highest BCUT2D eigenvalue weighted by molar-refractivity contribution is 7.89. The molecule has 1 amide bonds. The largest absolute Gasteiger partial charge is 0.452 e. The van der Waals surface area contributed by atoms with Crippen LogP contribution in [0.2, 0.25) is 0 Å². The van der Waals surface area contributed by atoms with Crippen LogP contribution in [0.1, 0.15) is 17.3 Å². The molecule has 0 spiro atoms. The molecule has 1 rings (SSSR count). The zero-order valence-electron chi connectivity index (χ0n) is 12.0. The molecule has 0 saturated carbocycles. The summed E-state index contributed by atoms with van der Waals surface area (Å²) in [6.07, 6.45) is 4.97. The second kappa shape index (κ2) is 8.17. The van der Waals surface area contributed by atoms with E-state index in [9.17, 15) is 18.0 Å². The first-order valence-corrected chi connectivity index (χ1v) is 7.86. The third kappa shape index (κ3) is 5.20. The number of rotatable bonds is 7. The highest BCUT2D eigenvalue weighted by Crippen LogP contribution is 2.11. The first-order valence-electron chi connectivity index (χ1n) is 6.37. The number of amides is 1. The topological polar surface area (TPSA) is 102 Å². The summed E-state index contributed by atoms with van der Waals surface area (Å²) in [5.74, 6) is 0.964. The van der Waals surface area contributed by atoms with E-state index in [1.807, 2.05) is 0 Å². The highest BCUT2D eigenvalue weighted by Gasteiger charge is 2.14. The van der Waals surface area contributed by atoms with Crippen molar-refractivity contribution in [3.05, 3.63) is 29.8 Å². The first-order chi connectivity index (χ1) is 10.4. The minimum absolute atomic E-state index is 0.0395. The number of hydrogen-bond donors (Lipinski definition) is 2. The Balaban J connectivity index is 2.65. The van der Waals surface area contributed by atoms with Gasteiger partial charge < -0.3 is 10.1 Å². The summed E-state index contributed by atoms with van der Waals surface area (Å²) in [5.41, 5.74) is 0.139. The molecule has 22 heavy (non-hydrogen) atoms. The molecule has 1 aromatic rings. The van der Waals surface area contributed by atoms with Crippen LogP contribution in [0.5, 0.6) is 0 Å². The van der Waals surface area contributed by atoms with Crippen molar-refractivity contribution >= 4 is 21.9 Å². The molecule has 0 unspecified atom stereocenters. The summed E-state index contributed by atoms with van der Waals surface area (Å²) in [6, 6.07) is 5.19. The number of nitrogens with one attached hydrogen (secondary N) is 2. The van der Waals surface area contributed by atoms with E-state index in [-0.39, 0.29) is 23.5 Å². The van der Waals surface area contributed by atoms with Gasteiger partial charge in [-0.25, -0.2) is 17.9 Å². The number of esters is 1. The molecule has 0 saturated heterocycles. The fourth-order valence-corrected chi connectivity index (χ4v) is 2.50. The van der Waals surface area contributed by atoms with Crippen molar-refractivity contribution < 1.29 is 22.7 Å². The molecular weight excluding hydrogens is 308 g/mol. The Morgan fingerprint density at radius 2 is 1.91 bits per heavy atom. The fourth-order valence-electron chi connectivity index (χ4n) is 1.46. The van der Waals surface area contributed by atoms with Gasteiger partial charge in [0.15, 0.2) is 6.61 Å². The van der Waals surface area contributed by atoms with Gasteiger partial charge in [0.1, 0.15) is 0 Å². The van der Waals surface area contributed by atoms with Crippen molar-refractivity contribution in [2.24, 2.45) is 0 Å². The average Bonchev–Trinajstić information content (AvgIpc) is 2.50. The average molecular weight is 324 g/mol. The minimum Gasteiger partial charge on any atom is -0.452 e. The SMILES string of the molecule is C#CCNC(=O)COC(=O)c1ccc(S(=O)(=O)NCC)cc1. The molecule has 2 N–H and O–H groups in total. The van der Waals surface area contributed by atoms with Gasteiger partial charge in [0.2, 0.25) is 10.0 Å². The van der Waals surface area contributed by atoms with E-state index in [4.69, 9.17) is 11.2 Å². The second-order valence-corrected chi connectivity index (χ2v) is 5.85. The van der Waals surface area contributed by atoms with Crippen molar-refractivity contribution in [2.45, 2.75) is 11.8 Å². The molecule has 7 nitrogen and oxygen atoms in total. The third-order valence-corrected chi connectivity index (χ3v) is 4.02. The van der Waals surface area contributed by atoms with E-state index in [2.05, 4.69) is 16.0 Å². The summed E-state index contributed by atoms with van der Waals surface area (Å²) >= 11 is 0. The number of sulfonamides is 1. The van der Waals surface area contributed by atoms with Gasteiger partial charge in [-0.15, -0.1) is 6.42 Å². The number of ether oxygens (including phenoxy) is 1. The van der Waals surface area contributed by atoms with Crippen LogP contribution in [0.25, 0.3) is 0 Å². The van der Waals surface area contributed by atoms with Crippen molar-refractivity contribution in [3.8, 4) is 12.3 Å². The maximum absolute atomic E-state index is 11.7. The van der Waals surface area contributed by atoms with Crippen molar-refractivity contribution in [1.29, 1.82) is 0 Å². The van der Waals surface area contributed by atoms with Crippen LogP contribution in [-0.4, -0.2) is 40.0 Å². The molecular formula is C14H16N2O5S. The van der Waals surface area contributed by atoms with Gasteiger partial charge in [-0.3, -0.25) is 4.79 Å². The molecule has 0 bridgehead atoms. The molecule has 8 heteroatoms. The Labute approximate surface area is 129 Å². The Morgan fingerprint density at radius 3 is 2.45 bits per heavy atom. The lowest BCUT2D eigenvalue weighted by Crippen LogP contribution is -2.29. The van der Waals surface area contributed by atoms with Crippen LogP contribution < -0.4 is 10.0 Å². The summed E-state index contributed by atoms with van der Waals surface area (Å²) in [5, 5.41) is 2.34. The van der Waals surface area contributed by atoms with Crippen LogP contribution >= 0.6 is 0 Å². The lowest BCUT2D eigenvalue weighted by Gasteiger charge is -2.07. The number of terminal acetylenes is 1. The van der Waals surface area contributed by atoms with Crippen LogP contribution in [0, 0.1) is 12.3 Å². The lowest BCUT2D eigenvalue weighted by molar-refractivity contribution is -0.123. The Morgan fingerprint density at radius 1 is 1.27 bits per heavy atom. The van der Waals surface area contributed by atoms with Gasteiger partial charge in [0.05, 0.1) is 17.0 Å². The summed E-state index contributed by atoms with van der Waals surface area (Å²) in [7, 11) is -3.57. The quantitative estimate of drug-likeness (QED) is 0.538. The van der Waals surface area contributed by atoms with Crippen LogP contribution in [0.15, 0.2) is 29.2 Å². The van der Waals surface area contributed by atoms with Gasteiger partial charge in [0.25, 0.3) is 5.91 Å². The molecule has 118 valence electrons. The van der Waals surface area contributed by atoms with E-state index in [0.717, 1.165) is 0 Å². The third-order valence-electron chi connectivity index (χ3n) is 2.46. The van der Waals surface area contributed by atoms with Crippen LogP contribution in [-0.2, 0) is 19.6 Å². The van der Waals surface area contributed by atoms with Crippen LogP contribution in [0.3, 0.4) is 0 Å². The molecule has 0 heterocycles. The maximum Gasteiger partial charge on any atom is 0.338 e. The van der Waals surface area contributed by atoms with Gasteiger partial charge in [-0.2, -0.15) is 0 Å². The standard InChI is InChI=1S/C14H16N2O5S/c1-3-9-15-13(17)10-21-14(18)11-5-7-12(8-6-11)22(19,20)16-4-2/h1,5-8,16H,4,9-10H2,2H3,(H,15,17). The van der Waals surface area contributed by atoms with Crippen molar-refractivity contribution in [3.63, 3.8) is 0 Å². The monoisotopic (exact) mass is 324 g/mol. The molecule has 0 aromatic heterocycles. The zero-order valence-corrected chi connectivity index (χ0v) is 12.8. The van der Waals surface area contributed by atoms with E-state index >= 15 is 0 Å². The molecule has 1 aromatic carbocycles. The van der Waals surface area contributed by atoms with E-state index in [0.29, 0.717) is 0 Å². The Kier molecular flexibility index (Phi) is 6.56. The van der Waals surface area contributed by atoms with E-state index in [1.165, 1.54) is 24.3 Å². The lowest BCUT2D eigenvalue weighted by atomic mass is 10.2. The number of hydrogen-bond acceptors (Lipinski definition) is 5. The Bertz CT molecular complexity index is 674.